The average Bonchev–Trinajstić information content (AvgIpc) is 2.85. The van der Waals surface area contributed by atoms with Crippen molar-refractivity contribution in [1.29, 1.82) is 0 Å². The second kappa shape index (κ2) is 33.4. The number of rotatable bonds is 24. The van der Waals surface area contributed by atoms with Crippen LogP contribution in [0.5, 0.6) is 0 Å². The minimum absolute atomic E-state index is 0.158. The van der Waals surface area contributed by atoms with Crippen LogP contribution in [0, 0.1) is 0 Å². The van der Waals surface area contributed by atoms with E-state index in [0.29, 0.717) is 13.2 Å². The van der Waals surface area contributed by atoms with Crippen molar-refractivity contribution < 1.29 is 19.1 Å². The van der Waals surface area contributed by atoms with Crippen LogP contribution in [0.2, 0.25) is 0 Å². The van der Waals surface area contributed by atoms with Gasteiger partial charge in [-0.2, -0.15) is 0 Å². The van der Waals surface area contributed by atoms with Crippen LogP contribution in [-0.2, 0) is 19.1 Å². The van der Waals surface area contributed by atoms with Crippen molar-refractivity contribution in [1.82, 2.24) is 0 Å². The number of hydrogen-bond donors (Lipinski definition) is 0. The SMILES string of the molecule is CCC/C=C\CCCCCCCCCCCOC(C)=O.CCC/C=C\CCCCCCCOC(C)=O. The molecule has 0 saturated heterocycles. The minimum Gasteiger partial charge on any atom is -0.466 e. The van der Waals surface area contributed by atoms with Gasteiger partial charge in [0, 0.05) is 13.8 Å². The highest BCUT2D eigenvalue weighted by Crippen LogP contribution is 2.11. The molecule has 0 aromatic rings. The van der Waals surface area contributed by atoms with Crippen LogP contribution in [0.25, 0.3) is 0 Å². The van der Waals surface area contributed by atoms with Crippen molar-refractivity contribution >= 4 is 11.9 Å². The van der Waals surface area contributed by atoms with Crippen molar-refractivity contribution in [3.8, 4) is 0 Å². The molecule has 0 rings (SSSR count). The number of ether oxygens (including phenoxy) is 2. The molecule has 0 aliphatic heterocycles. The quantitative estimate of drug-likeness (QED) is 0.0739. The molecule has 0 aliphatic rings. The van der Waals surface area contributed by atoms with Crippen LogP contribution in [0.15, 0.2) is 24.3 Å². The van der Waals surface area contributed by atoms with E-state index < -0.39 is 0 Å². The average molecular weight is 509 g/mol. The normalized spacial score (nSPS) is 11.0. The molecule has 0 spiro atoms. The molecule has 0 bridgehead atoms. The lowest BCUT2D eigenvalue weighted by atomic mass is 10.1. The maximum Gasteiger partial charge on any atom is 0.302 e. The fourth-order valence-corrected chi connectivity index (χ4v) is 3.73. The maximum absolute atomic E-state index is 10.6. The van der Waals surface area contributed by atoms with E-state index in [0.717, 1.165) is 12.8 Å². The van der Waals surface area contributed by atoms with E-state index >= 15 is 0 Å². The molecule has 0 N–H and O–H groups in total. The first-order valence-corrected chi connectivity index (χ1v) is 15.1. The van der Waals surface area contributed by atoms with Crippen LogP contribution < -0.4 is 0 Å². The van der Waals surface area contributed by atoms with E-state index in [9.17, 15) is 9.59 Å². The number of hydrogen-bond acceptors (Lipinski definition) is 4. The fraction of sp³-hybridized carbons (Fsp3) is 0.812. The molecule has 0 atom stereocenters. The standard InChI is InChI=1S/C18H34O2.C14H26O2/c1-3-4-5-6-7-8-9-10-11-12-13-14-15-16-17-20-18(2)19;1-3-4-5-6-7-8-9-10-11-12-13-16-14(2)15/h5-6H,3-4,7-17H2,1-2H3;5-6H,3-4,7-13H2,1-2H3/b2*6-5-. The summed E-state index contributed by atoms with van der Waals surface area (Å²) in [6, 6.07) is 0. The molecule has 0 saturated carbocycles. The Labute approximate surface area is 224 Å². The lowest BCUT2D eigenvalue weighted by Crippen LogP contribution is -2.00. The molecule has 0 aromatic carbocycles. The van der Waals surface area contributed by atoms with E-state index in [1.165, 1.54) is 129 Å². The van der Waals surface area contributed by atoms with Crippen molar-refractivity contribution in [2.45, 2.75) is 156 Å². The molecule has 0 unspecified atom stereocenters. The summed E-state index contributed by atoms with van der Waals surface area (Å²) in [5.74, 6) is -0.324. The Balaban J connectivity index is 0. The summed E-state index contributed by atoms with van der Waals surface area (Å²) in [4.78, 5) is 21.0. The molecule has 0 radical (unpaired) electrons. The molecule has 4 heteroatoms. The Hall–Kier alpha value is -1.58. The fourth-order valence-electron chi connectivity index (χ4n) is 3.73. The number of carbonyl (C=O) groups excluding carboxylic acids is 2. The van der Waals surface area contributed by atoms with Crippen LogP contribution in [0.1, 0.15) is 156 Å². The highest BCUT2D eigenvalue weighted by Gasteiger charge is 1.95. The van der Waals surface area contributed by atoms with E-state index in [-0.39, 0.29) is 11.9 Å². The summed E-state index contributed by atoms with van der Waals surface area (Å²) < 4.78 is 9.77. The monoisotopic (exact) mass is 508 g/mol. The lowest BCUT2D eigenvalue weighted by molar-refractivity contribution is -0.142. The van der Waals surface area contributed by atoms with Gasteiger partial charge in [0.25, 0.3) is 0 Å². The molecule has 0 aliphatic carbocycles. The second-order valence-electron chi connectivity index (χ2n) is 9.73. The largest absolute Gasteiger partial charge is 0.466 e. The Morgan fingerprint density at radius 3 is 1.03 bits per heavy atom. The Kier molecular flexibility index (Phi) is 34.0. The van der Waals surface area contributed by atoms with Gasteiger partial charge in [-0.15, -0.1) is 0 Å². The Bertz CT molecular complexity index is 510. The second-order valence-corrected chi connectivity index (χ2v) is 9.73. The summed E-state index contributed by atoms with van der Waals surface area (Å²) in [6.07, 6.45) is 34.3. The van der Waals surface area contributed by atoms with Gasteiger partial charge in [-0.1, -0.05) is 115 Å². The number of esters is 2. The zero-order chi connectivity index (χ0) is 27.0. The van der Waals surface area contributed by atoms with Crippen molar-refractivity contribution in [2.75, 3.05) is 13.2 Å². The molecule has 4 nitrogen and oxygen atoms in total. The van der Waals surface area contributed by atoms with Crippen molar-refractivity contribution in [2.24, 2.45) is 0 Å². The number of carbonyl (C=O) groups is 2. The molecule has 0 heterocycles. The highest BCUT2D eigenvalue weighted by molar-refractivity contribution is 5.66. The molecule has 212 valence electrons. The van der Waals surface area contributed by atoms with Crippen LogP contribution in [-0.4, -0.2) is 25.2 Å². The highest BCUT2D eigenvalue weighted by atomic mass is 16.5. The third-order valence-electron chi connectivity index (χ3n) is 5.88. The third kappa shape index (κ3) is 39.6. The number of unbranched alkanes of at least 4 members (excludes halogenated alkanes) is 16. The third-order valence-corrected chi connectivity index (χ3v) is 5.88. The van der Waals surface area contributed by atoms with Gasteiger partial charge < -0.3 is 9.47 Å². The first-order valence-electron chi connectivity index (χ1n) is 15.1. The molecular formula is C32H60O4. The van der Waals surface area contributed by atoms with Gasteiger partial charge in [-0.25, -0.2) is 0 Å². The van der Waals surface area contributed by atoms with Gasteiger partial charge in [-0.05, 0) is 51.4 Å². The predicted octanol–water partition coefficient (Wildman–Crippen LogP) is 10.1. The summed E-state index contributed by atoms with van der Waals surface area (Å²) >= 11 is 0. The molecule has 0 fully saturated rings. The number of allylic oxidation sites excluding steroid dienone is 4. The van der Waals surface area contributed by atoms with E-state index in [4.69, 9.17) is 9.47 Å². The Morgan fingerprint density at radius 2 is 0.722 bits per heavy atom. The summed E-state index contributed by atoms with van der Waals surface area (Å²) in [6.45, 7) is 8.54. The van der Waals surface area contributed by atoms with Crippen molar-refractivity contribution in [3.63, 3.8) is 0 Å². The maximum atomic E-state index is 10.6. The van der Waals surface area contributed by atoms with Gasteiger partial charge in [-0.3, -0.25) is 9.59 Å². The lowest BCUT2D eigenvalue weighted by Gasteiger charge is -2.03. The van der Waals surface area contributed by atoms with Crippen molar-refractivity contribution in [3.05, 3.63) is 24.3 Å². The van der Waals surface area contributed by atoms with Gasteiger partial charge in [0.15, 0.2) is 0 Å². The van der Waals surface area contributed by atoms with E-state index in [1.54, 1.807) is 0 Å². The van der Waals surface area contributed by atoms with Crippen LogP contribution >= 0.6 is 0 Å². The first-order chi connectivity index (χ1) is 17.5. The zero-order valence-electron chi connectivity index (χ0n) is 24.5. The topological polar surface area (TPSA) is 52.6 Å². The first kappa shape index (κ1) is 36.6. The van der Waals surface area contributed by atoms with Gasteiger partial charge in [0.05, 0.1) is 13.2 Å². The van der Waals surface area contributed by atoms with Gasteiger partial charge >= 0.3 is 11.9 Å². The Morgan fingerprint density at radius 1 is 0.444 bits per heavy atom. The summed E-state index contributed by atoms with van der Waals surface area (Å²) in [7, 11) is 0. The van der Waals surface area contributed by atoms with E-state index in [1.807, 2.05) is 0 Å². The van der Waals surface area contributed by atoms with E-state index in [2.05, 4.69) is 38.2 Å². The molecule has 0 amide bonds. The molecule has 36 heavy (non-hydrogen) atoms. The summed E-state index contributed by atoms with van der Waals surface area (Å²) in [5.41, 5.74) is 0. The van der Waals surface area contributed by atoms with Crippen LogP contribution in [0.3, 0.4) is 0 Å². The van der Waals surface area contributed by atoms with Gasteiger partial charge in [0.2, 0.25) is 0 Å². The smallest absolute Gasteiger partial charge is 0.302 e. The van der Waals surface area contributed by atoms with Crippen LogP contribution in [0.4, 0.5) is 0 Å². The minimum atomic E-state index is -0.166. The zero-order valence-corrected chi connectivity index (χ0v) is 24.5. The summed E-state index contributed by atoms with van der Waals surface area (Å²) in [5, 5.41) is 0. The molecule has 0 aromatic heterocycles. The van der Waals surface area contributed by atoms with Gasteiger partial charge in [0.1, 0.15) is 0 Å². The molecular weight excluding hydrogens is 448 g/mol. The predicted molar refractivity (Wildman–Crippen MR) is 155 cm³/mol.